The number of allylic oxidation sites excluding steroid dienone is 1. The Labute approximate surface area is 159 Å². The van der Waals surface area contributed by atoms with E-state index in [4.69, 9.17) is 9.84 Å². The number of hydrogen-bond acceptors (Lipinski definition) is 3. The SMILES string of the molecule is C/C(C(=O)Nc1ccccc1OCCCC(=O)O)=C(/C)c1ccc(C)cc1. The zero-order chi connectivity index (χ0) is 19.8. The molecule has 0 aliphatic rings. The number of para-hydroxylation sites is 2. The maximum atomic E-state index is 12.7. The molecule has 0 fully saturated rings. The first-order valence-electron chi connectivity index (χ1n) is 8.88. The molecule has 2 rings (SSSR count). The molecule has 0 bridgehead atoms. The van der Waals surface area contributed by atoms with Crippen LogP contribution in [-0.2, 0) is 9.59 Å². The topological polar surface area (TPSA) is 75.6 Å². The maximum absolute atomic E-state index is 12.7. The number of carboxylic acid groups (broad SMARTS) is 1. The van der Waals surface area contributed by atoms with Crippen molar-refractivity contribution in [2.24, 2.45) is 0 Å². The number of nitrogens with one attached hydrogen (secondary N) is 1. The Morgan fingerprint density at radius 2 is 1.70 bits per heavy atom. The zero-order valence-electron chi connectivity index (χ0n) is 15.9. The fourth-order valence-electron chi connectivity index (χ4n) is 2.51. The first kappa shape index (κ1) is 20.2. The minimum Gasteiger partial charge on any atom is -0.491 e. The molecule has 2 aromatic carbocycles. The molecule has 1 amide bonds. The van der Waals surface area contributed by atoms with E-state index in [-0.39, 0.29) is 18.9 Å². The number of aryl methyl sites for hydroxylation is 1. The summed E-state index contributed by atoms with van der Waals surface area (Å²) < 4.78 is 5.63. The van der Waals surface area contributed by atoms with E-state index in [1.54, 1.807) is 19.1 Å². The third-order valence-corrected chi connectivity index (χ3v) is 4.32. The van der Waals surface area contributed by atoms with Crippen LogP contribution >= 0.6 is 0 Å². The Hall–Kier alpha value is -3.08. The number of amides is 1. The molecule has 0 aliphatic carbocycles. The van der Waals surface area contributed by atoms with Crippen molar-refractivity contribution >= 4 is 23.1 Å². The Morgan fingerprint density at radius 1 is 1.04 bits per heavy atom. The highest BCUT2D eigenvalue weighted by Crippen LogP contribution is 2.26. The third kappa shape index (κ3) is 5.99. The number of anilines is 1. The van der Waals surface area contributed by atoms with Gasteiger partial charge in [0.1, 0.15) is 5.75 Å². The average Bonchev–Trinajstić information content (AvgIpc) is 2.65. The molecule has 142 valence electrons. The molecular formula is C22H25NO4. The zero-order valence-corrected chi connectivity index (χ0v) is 15.9. The number of hydrogen-bond donors (Lipinski definition) is 2. The van der Waals surface area contributed by atoms with E-state index in [9.17, 15) is 9.59 Å². The standard InChI is InChI=1S/C22H25NO4/c1-15-10-12-18(13-11-15)16(2)17(3)22(26)23-19-7-4-5-8-20(19)27-14-6-9-21(24)25/h4-5,7-8,10-13H,6,9,14H2,1-3H3,(H,23,26)(H,24,25)/b17-16+. The summed E-state index contributed by atoms with van der Waals surface area (Å²) in [5.74, 6) is -0.529. The van der Waals surface area contributed by atoms with E-state index in [0.29, 0.717) is 23.4 Å². The van der Waals surface area contributed by atoms with Gasteiger partial charge in [-0.05, 0) is 50.5 Å². The molecule has 0 spiro atoms. The van der Waals surface area contributed by atoms with Crippen molar-refractivity contribution in [1.29, 1.82) is 0 Å². The summed E-state index contributed by atoms with van der Waals surface area (Å²) in [6.07, 6.45) is 0.454. The van der Waals surface area contributed by atoms with Gasteiger partial charge in [-0.2, -0.15) is 0 Å². The van der Waals surface area contributed by atoms with Gasteiger partial charge in [0.15, 0.2) is 0 Å². The first-order valence-corrected chi connectivity index (χ1v) is 8.88. The fourth-order valence-corrected chi connectivity index (χ4v) is 2.51. The van der Waals surface area contributed by atoms with Gasteiger partial charge in [0.2, 0.25) is 0 Å². The van der Waals surface area contributed by atoms with Crippen LogP contribution in [0.15, 0.2) is 54.1 Å². The number of ether oxygens (including phenoxy) is 1. The number of carbonyl (C=O) groups is 2. The lowest BCUT2D eigenvalue weighted by molar-refractivity contribution is -0.137. The third-order valence-electron chi connectivity index (χ3n) is 4.32. The van der Waals surface area contributed by atoms with Crippen LogP contribution in [0.1, 0.15) is 37.8 Å². The van der Waals surface area contributed by atoms with Gasteiger partial charge in [-0.25, -0.2) is 0 Å². The second-order valence-electron chi connectivity index (χ2n) is 6.41. The molecule has 0 unspecified atom stereocenters. The minimum absolute atomic E-state index is 0.0477. The molecule has 0 aromatic heterocycles. The first-order chi connectivity index (χ1) is 12.9. The number of aliphatic carboxylic acids is 1. The predicted octanol–water partition coefficient (Wildman–Crippen LogP) is 4.67. The van der Waals surface area contributed by atoms with Crippen LogP contribution in [-0.4, -0.2) is 23.6 Å². The number of carbonyl (C=O) groups excluding carboxylic acids is 1. The van der Waals surface area contributed by atoms with Crippen LogP contribution in [0.2, 0.25) is 0 Å². The van der Waals surface area contributed by atoms with Crippen LogP contribution in [0.4, 0.5) is 5.69 Å². The van der Waals surface area contributed by atoms with Gasteiger partial charge in [0.25, 0.3) is 5.91 Å². The smallest absolute Gasteiger partial charge is 0.303 e. The van der Waals surface area contributed by atoms with Gasteiger partial charge in [-0.15, -0.1) is 0 Å². The summed E-state index contributed by atoms with van der Waals surface area (Å²) in [6.45, 7) is 6.01. The summed E-state index contributed by atoms with van der Waals surface area (Å²) in [7, 11) is 0. The molecule has 0 heterocycles. The molecule has 27 heavy (non-hydrogen) atoms. The second-order valence-corrected chi connectivity index (χ2v) is 6.41. The summed E-state index contributed by atoms with van der Waals surface area (Å²) in [4.78, 5) is 23.2. The number of carboxylic acids is 1. The van der Waals surface area contributed by atoms with Crippen molar-refractivity contribution in [1.82, 2.24) is 0 Å². The van der Waals surface area contributed by atoms with Gasteiger partial charge in [-0.1, -0.05) is 42.0 Å². The van der Waals surface area contributed by atoms with Crippen LogP contribution in [0.25, 0.3) is 5.57 Å². The monoisotopic (exact) mass is 367 g/mol. The predicted molar refractivity (Wildman–Crippen MR) is 107 cm³/mol. The minimum atomic E-state index is -0.854. The van der Waals surface area contributed by atoms with Gasteiger partial charge >= 0.3 is 5.97 Å². The lowest BCUT2D eigenvalue weighted by atomic mass is 10.0. The molecule has 0 atom stereocenters. The quantitative estimate of drug-likeness (QED) is 0.525. The average molecular weight is 367 g/mol. The molecule has 0 radical (unpaired) electrons. The Balaban J connectivity index is 2.09. The summed E-state index contributed by atoms with van der Waals surface area (Å²) >= 11 is 0. The molecule has 5 heteroatoms. The van der Waals surface area contributed by atoms with E-state index >= 15 is 0 Å². The van der Waals surface area contributed by atoms with E-state index in [1.165, 1.54) is 5.56 Å². The highest BCUT2D eigenvalue weighted by atomic mass is 16.5. The highest BCUT2D eigenvalue weighted by Gasteiger charge is 2.12. The molecule has 0 saturated heterocycles. The molecular weight excluding hydrogens is 342 g/mol. The summed E-state index contributed by atoms with van der Waals surface area (Å²) in [5, 5.41) is 11.6. The van der Waals surface area contributed by atoms with Gasteiger partial charge in [-0.3, -0.25) is 9.59 Å². The van der Waals surface area contributed by atoms with Crippen molar-refractivity contribution in [2.75, 3.05) is 11.9 Å². The molecule has 2 N–H and O–H groups in total. The van der Waals surface area contributed by atoms with Gasteiger partial charge in [0, 0.05) is 12.0 Å². The van der Waals surface area contributed by atoms with Crippen molar-refractivity contribution in [3.63, 3.8) is 0 Å². The molecule has 0 saturated carbocycles. The van der Waals surface area contributed by atoms with E-state index < -0.39 is 5.97 Å². The van der Waals surface area contributed by atoms with Crippen LogP contribution in [0.3, 0.4) is 0 Å². The number of benzene rings is 2. The van der Waals surface area contributed by atoms with Crippen molar-refractivity contribution in [2.45, 2.75) is 33.6 Å². The van der Waals surface area contributed by atoms with Crippen LogP contribution in [0, 0.1) is 6.92 Å². The largest absolute Gasteiger partial charge is 0.491 e. The highest BCUT2D eigenvalue weighted by molar-refractivity contribution is 6.08. The molecule has 5 nitrogen and oxygen atoms in total. The second kappa shape index (κ2) is 9.57. The maximum Gasteiger partial charge on any atom is 0.303 e. The van der Waals surface area contributed by atoms with Gasteiger partial charge in [0.05, 0.1) is 12.3 Å². The summed E-state index contributed by atoms with van der Waals surface area (Å²) in [6, 6.07) is 15.2. The van der Waals surface area contributed by atoms with Gasteiger partial charge < -0.3 is 15.2 Å². The van der Waals surface area contributed by atoms with Crippen molar-refractivity contribution in [3.8, 4) is 5.75 Å². The lowest BCUT2D eigenvalue weighted by Crippen LogP contribution is -2.15. The molecule has 2 aromatic rings. The van der Waals surface area contributed by atoms with E-state index in [1.807, 2.05) is 50.2 Å². The van der Waals surface area contributed by atoms with Crippen molar-refractivity contribution < 1.29 is 19.4 Å². The van der Waals surface area contributed by atoms with E-state index in [2.05, 4.69) is 5.32 Å². The van der Waals surface area contributed by atoms with Crippen molar-refractivity contribution in [3.05, 3.63) is 65.2 Å². The van der Waals surface area contributed by atoms with Crippen LogP contribution in [0.5, 0.6) is 5.75 Å². The van der Waals surface area contributed by atoms with E-state index in [0.717, 1.165) is 11.1 Å². The number of rotatable bonds is 8. The Morgan fingerprint density at radius 3 is 2.37 bits per heavy atom. The summed E-state index contributed by atoms with van der Waals surface area (Å²) in [5.41, 5.74) is 4.27. The fraction of sp³-hybridized carbons (Fsp3) is 0.273. The Bertz CT molecular complexity index is 838. The normalized spacial score (nSPS) is 11.5. The van der Waals surface area contributed by atoms with Crippen LogP contribution < -0.4 is 10.1 Å². The lowest BCUT2D eigenvalue weighted by Gasteiger charge is -2.14. The molecule has 0 aliphatic heterocycles. The Kier molecular flexibility index (Phi) is 7.17.